The Morgan fingerprint density at radius 1 is 1.00 bits per heavy atom. The number of amides is 1. The number of nitrogens with one attached hydrogen (secondary N) is 1. The van der Waals surface area contributed by atoms with Gasteiger partial charge in [-0.1, -0.05) is 60.7 Å². The highest BCUT2D eigenvalue weighted by atomic mass is 16.7. The summed E-state index contributed by atoms with van der Waals surface area (Å²) in [4.78, 5) is 24.5. The molecule has 2 fully saturated rings. The van der Waals surface area contributed by atoms with E-state index in [0.29, 0.717) is 18.3 Å². The van der Waals surface area contributed by atoms with Gasteiger partial charge in [-0.3, -0.25) is 4.79 Å². The van der Waals surface area contributed by atoms with Crippen molar-refractivity contribution in [1.29, 1.82) is 0 Å². The first-order chi connectivity index (χ1) is 16.5. The molecular weight excluding hydrogens is 445 g/mol. The number of carbonyl (C=O) groups is 2. The average molecular weight is 477 g/mol. The standard InChI is InChI=1S/C27H32BNO6/c1-25(2)26(3,4)35-28(34-25)21(17-29-24(32)33-18-19-10-6-5-7-11-19)16-20-12-8-9-13-22(20)27(14-15-27)23(30)31/h5-13,16H,14-15,17-18H2,1-4H3,(H,29,32)(H,30,31). The molecule has 35 heavy (non-hydrogen) atoms. The molecule has 0 bridgehead atoms. The number of ether oxygens (including phenoxy) is 1. The minimum Gasteiger partial charge on any atom is -0.481 e. The SMILES string of the molecule is CC1(C)OB(C(=Cc2ccccc2C2(C(=O)O)CC2)CNC(=O)OCc2ccccc2)OC1(C)C. The zero-order valence-electron chi connectivity index (χ0n) is 20.7. The molecule has 184 valence electrons. The number of rotatable bonds is 8. The maximum absolute atomic E-state index is 12.4. The van der Waals surface area contributed by atoms with Crippen LogP contribution in [-0.2, 0) is 30.9 Å². The van der Waals surface area contributed by atoms with Crippen LogP contribution >= 0.6 is 0 Å². The van der Waals surface area contributed by atoms with E-state index in [-0.39, 0.29) is 13.2 Å². The van der Waals surface area contributed by atoms with Crippen molar-refractivity contribution in [2.24, 2.45) is 0 Å². The van der Waals surface area contributed by atoms with Crippen molar-refractivity contribution >= 4 is 25.3 Å². The van der Waals surface area contributed by atoms with Gasteiger partial charge in [0.1, 0.15) is 6.61 Å². The van der Waals surface area contributed by atoms with Crippen molar-refractivity contribution in [3.8, 4) is 0 Å². The summed E-state index contributed by atoms with van der Waals surface area (Å²) in [5, 5.41) is 12.6. The predicted molar refractivity (Wildman–Crippen MR) is 134 cm³/mol. The Morgan fingerprint density at radius 3 is 2.20 bits per heavy atom. The fourth-order valence-electron chi connectivity index (χ4n) is 4.13. The molecule has 2 aromatic carbocycles. The Kier molecular flexibility index (Phi) is 6.80. The number of carboxylic acids is 1. The molecule has 0 aromatic heterocycles. The molecule has 2 N–H and O–H groups in total. The molecule has 1 aliphatic heterocycles. The number of hydrogen-bond donors (Lipinski definition) is 2. The lowest BCUT2D eigenvalue weighted by atomic mass is 9.76. The molecule has 1 heterocycles. The van der Waals surface area contributed by atoms with Crippen molar-refractivity contribution in [2.45, 2.75) is 63.8 Å². The van der Waals surface area contributed by atoms with Gasteiger partial charge in [-0.15, -0.1) is 0 Å². The van der Waals surface area contributed by atoms with Gasteiger partial charge in [-0.2, -0.15) is 0 Å². The van der Waals surface area contributed by atoms with Crippen LogP contribution in [0.3, 0.4) is 0 Å². The lowest BCUT2D eigenvalue weighted by Gasteiger charge is -2.32. The summed E-state index contributed by atoms with van der Waals surface area (Å²) in [5.74, 6) is -0.821. The zero-order valence-corrected chi connectivity index (χ0v) is 20.7. The highest BCUT2D eigenvalue weighted by molar-refractivity contribution is 6.56. The van der Waals surface area contributed by atoms with E-state index in [0.717, 1.165) is 16.7 Å². The second kappa shape index (κ2) is 9.51. The summed E-state index contributed by atoms with van der Waals surface area (Å²) in [6, 6.07) is 16.9. The van der Waals surface area contributed by atoms with E-state index in [2.05, 4.69) is 5.32 Å². The Hall–Kier alpha value is -3.10. The second-order valence-corrected chi connectivity index (χ2v) is 10.2. The molecule has 0 spiro atoms. The molecule has 2 aromatic rings. The number of hydrogen-bond acceptors (Lipinski definition) is 5. The first kappa shape index (κ1) is 25.0. The van der Waals surface area contributed by atoms with E-state index in [9.17, 15) is 14.7 Å². The normalized spacial score (nSPS) is 19.8. The van der Waals surface area contributed by atoms with Crippen LogP contribution < -0.4 is 5.32 Å². The summed E-state index contributed by atoms with van der Waals surface area (Å²) in [6.45, 7) is 8.13. The van der Waals surface area contributed by atoms with Gasteiger partial charge in [0.25, 0.3) is 0 Å². The first-order valence-electron chi connectivity index (χ1n) is 11.9. The third-order valence-corrected chi connectivity index (χ3v) is 7.18. The van der Waals surface area contributed by atoms with Crippen LogP contribution in [0.1, 0.15) is 57.2 Å². The van der Waals surface area contributed by atoms with Crippen LogP contribution in [0.5, 0.6) is 0 Å². The van der Waals surface area contributed by atoms with Crippen LogP contribution in [0.15, 0.2) is 60.1 Å². The summed E-state index contributed by atoms with van der Waals surface area (Å²) in [6.07, 6.45) is 2.51. The van der Waals surface area contributed by atoms with E-state index in [1.807, 2.05) is 88.4 Å². The fraction of sp³-hybridized carbons (Fsp3) is 0.407. The molecule has 0 unspecified atom stereocenters. The minimum atomic E-state index is -0.865. The summed E-state index contributed by atoms with van der Waals surface area (Å²) in [5.41, 5.74) is 1.10. The molecule has 7 nitrogen and oxygen atoms in total. The molecule has 8 heteroatoms. The van der Waals surface area contributed by atoms with Crippen LogP contribution in [0.4, 0.5) is 4.79 Å². The maximum atomic E-state index is 12.4. The number of carboxylic acid groups (broad SMARTS) is 1. The minimum absolute atomic E-state index is 0.124. The molecule has 1 saturated carbocycles. The quantitative estimate of drug-likeness (QED) is 0.534. The van der Waals surface area contributed by atoms with Gasteiger partial charge in [0.15, 0.2) is 0 Å². The smallest absolute Gasteiger partial charge is 0.481 e. The molecule has 1 aliphatic carbocycles. The maximum Gasteiger partial charge on any atom is 0.492 e. The van der Waals surface area contributed by atoms with E-state index in [1.54, 1.807) is 0 Å². The van der Waals surface area contributed by atoms with Crippen LogP contribution in [0, 0.1) is 0 Å². The Bertz CT molecular complexity index is 1110. The number of benzene rings is 2. The average Bonchev–Trinajstić information content (AvgIpc) is 3.59. The van der Waals surface area contributed by atoms with E-state index in [4.69, 9.17) is 14.0 Å². The molecule has 4 rings (SSSR count). The Labute approximate surface area is 206 Å². The van der Waals surface area contributed by atoms with E-state index in [1.165, 1.54) is 0 Å². The van der Waals surface area contributed by atoms with Crippen LogP contribution in [0.25, 0.3) is 6.08 Å². The van der Waals surface area contributed by atoms with Gasteiger partial charge in [0.2, 0.25) is 0 Å². The van der Waals surface area contributed by atoms with Crippen molar-refractivity contribution in [2.75, 3.05) is 6.54 Å². The van der Waals surface area contributed by atoms with Crippen molar-refractivity contribution in [3.05, 3.63) is 76.8 Å². The van der Waals surface area contributed by atoms with Gasteiger partial charge in [-0.05, 0) is 62.7 Å². The molecule has 1 saturated heterocycles. The highest BCUT2D eigenvalue weighted by Crippen LogP contribution is 2.50. The van der Waals surface area contributed by atoms with Gasteiger partial charge < -0.3 is 24.5 Å². The third-order valence-electron chi connectivity index (χ3n) is 7.18. The monoisotopic (exact) mass is 477 g/mol. The Morgan fingerprint density at radius 2 is 1.60 bits per heavy atom. The second-order valence-electron chi connectivity index (χ2n) is 10.2. The van der Waals surface area contributed by atoms with Crippen molar-refractivity contribution in [3.63, 3.8) is 0 Å². The van der Waals surface area contributed by atoms with Crippen molar-refractivity contribution in [1.82, 2.24) is 5.32 Å². The van der Waals surface area contributed by atoms with Crippen LogP contribution in [0.2, 0.25) is 0 Å². The molecule has 0 radical (unpaired) electrons. The number of alkyl carbamates (subject to hydrolysis) is 1. The Balaban J connectivity index is 1.57. The van der Waals surface area contributed by atoms with Gasteiger partial charge in [0.05, 0.1) is 16.6 Å². The summed E-state index contributed by atoms with van der Waals surface area (Å²) >= 11 is 0. The molecule has 2 aliphatic rings. The number of aliphatic carboxylic acids is 1. The lowest BCUT2D eigenvalue weighted by molar-refractivity contribution is -0.140. The first-order valence-corrected chi connectivity index (χ1v) is 11.9. The highest BCUT2D eigenvalue weighted by Gasteiger charge is 2.54. The third kappa shape index (κ3) is 5.28. The molecule has 1 amide bonds. The summed E-state index contributed by atoms with van der Waals surface area (Å²) < 4.78 is 17.9. The van der Waals surface area contributed by atoms with E-state index >= 15 is 0 Å². The van der Waals surface area contributed by atoms with Gasteiger partial charge in [0, 0.05) is 6.54 Å². The van der Waals surface area contributed by atoms with Gasteiger partial charge in [-0.25, -0.2) is 4.79 Å². The lowest BCUT2D eigenvalue weighted by Crippen LogP contribution is -2.41. The fourth-order valence-corrected chi connectivity index (χ4v) is 4.13. The predicted octanol–water partition coefficient (Wildman–Crippen LogP) is 4.74. The number of carbonyl (C=O) groups excluding carboxylic acids is 1. The van der Waals surface area contributed by atoms with Crippen molar-refractivity contribution < 1.29 is 28.7 Å². The summed E-state index contributed by atoms with van der Waals surface area (Å²) in [7, 11) is -0.706. The molecule has 0 atom stereocenters. The van der Waals surface area contributed by atoms with Crippen LogP contribution in [-0.4, -0.2) is 42.0 Å². The van der Waals surface area contributed by atoms with Gasteiger partial charge >= 0.3 is 19.2 Å². The molecular formula is C27H32BNO6. The topological polar surface area (TPSA) is 94.1 Å². The largest absolute Gasteiger partial charge is 0.492 e. The zero-order chi connectivity index (χ0) is 25.3. The van der Waals surface area contributed by atoms with E-state index < -0.39 is 35.8 Å².